The predicted molar refractivity (Wildman–Crippen MR) is 120 cm³/mol. The van der Waals surface area contributed by atoms with Crippen LogP contribution in [0, 0.1) is 11.3 Å². The lowest BCUT2D eigenvalue weighted by atomic mass is 10.1. The van der Waals surface area contributed by atoms with E-state index < -0.39 is 10.0 Å². The molecule has 1 aliphatic heterocycles. The Morgan fingerprint density at radius 1 is 1.25 bits per heavy atom. The Hall–Kier alpha value is -2.52. The van der Waals surface area contributed by atoms with E-state index in [-0.39, 0.29) is 23.5 Å². The van der Waals surface area contributed by atoms with Crippen molar-refractivity contribution in [1.29, 1.82) is 5.26 Å². The summed E-state index contributed by atoms with van der Waals surface area (Å²) in [6.07, 6.45) is 6.01. The molecule has 2 fully saturated rings. The fraction of sp³-hybridized carbons (Fsp3) is 0.476. The van der Waals surface area contributed by atoms with Crippen LogP contribution in [-0.4, -0.2) is 56.5 Å². The van der Waals surface area contributed by atoms with Gasteiger partial charge >= 0.3 is 0 Å². The highest BCUT2D eigenvalue weighted by molar-refractivity contribution is 7.89. The number of sulfonamides is 1. The molecule has 1 aromatic carbocycles. The number of piperazine rings is 1. The number of aromatic nitrogens is 1. The third kappa shape index (κ3) is 5.10. The van der Waals surface area contributed by atoms with Gasteiger partial charge in [0.2, 0.25) is 10.0 Å². The van der Waals surface area contributed by atoms with Gasteiger partial charge in [0.15, 0.2) is 5.13 Å². The molecule has 0 unspecified atom stereocenters. The van der Waals surface area contributed by atoms with Crippen LogP contribution in [0.25, 0.3) is 0 Å². The molecule has 0 bridgehead atoms. The molecular weight excluding hydrogens is 450 g/mol. The lowest BCUT2D eigenvalue weighted by Crippen LogP contribution is -2.49. The summed E-state index contributed by atoms with van der Waals surface area (Å²) in [5.41, 5.74) is 0.972. The van der Waals surface area contributed by atoms with Crippen molar-refractivity contribution in [3.63, 3.8) is 0 Å². The second-order valence-electron chi connectivity index (χ2n) is 7.98. The Balaban J connectivity index is 1.50. The summed E-state index contributed by atoms with van der Waals surface area (Å²) in [4.78, 5) is 21.8. The average Bonchev–Trinajstić information content (AvgIpc) is 3.48. The minimum atomic E-state index is -3.93. The molecule has 4 rings (SSSR count). The third-order valence-corrected chi connectivity index (χ3v) is 7.73. The van der Waals surface area contributed by atoms with Crippen LogP contribution in [0.3, 0.4) is 0 Å². The average molecular weight is 476 g/mol. The van der Waals surface area contributed by atoms with Crippen molar-refractivity contribution >= 4 is 32.4 Å². The van der Waals surface area contributed by atoms with Crippen LogP contribution in [0.15, 0.2) is 29.3 Å². The molecule has 1 aromatic heterocycles. The molecule has 9 nitrogen and oxygen atoms in total. The van der Waals surface area contributed by atoms with Crippen LogP contribution >= 0.6 is 11.3 Å². The van der Waals surface area contributed by atoms with Crippen LogP contribution in [0.4, 0.5) is 5.13 Å². The van der Waals surface area contributed by atoms with Crippen molar-refractivity contribution in [2.45, 2.75) is 43.3 Å². The quantitative estimate of drug-likeness (QED) is 0.677. The lowest BCUT2D eigenvalue weighted by Gasteiger charge is -2.35. The standard InChI is InChI=1S/C21H25N5O4S2/c22-12-17-13-24-21(31-17)26-9-7-25(8-10-26)20(27)19-11-18(32(23,28)29)6-5-15(19)14-30-16-3-1-2-4-16/h5-6,11,13,16H,1-4,7-10,14H2,(H2,23,28,29). The maximum Gasteiger partial charge on any atom is 0.254 e. The Morgan fingerprint density at radius 2 is 1.97 bits per heavy atom. The number of ether oxygens (including phenoxy) is 1. The number of carbonyl (C=O) groups is 1. The highest BCUT2D eigenvalue weighted by atomic mass is 32.2. The van der Waals surface area contributed by atoms with E-state index in [1.165, 1.54) is 23.5 Å². The van der Waals surface area contributed by atoms with Gasteiger partial charge in [0.1, 0.15) is 10.9 Å². The van der Waals surface area contributed by atoms with E-state index >= 15 is 0 Å². The first-order valence-electron chi connectivity index (χ1n) is 10.5. The van der Waals surface area contributed by atoms with Gasteiger partial charge in [0.05, 0.1) is 23.8 Å². The van der Waals surface area contributed by atoms with E-state index in [1.807, 2.05) is 4.90 Å². The summed E-state index contributed by atoms with van der Waals surface area (Å²) < 4.78 is 29.7. The van der Waals surface area contributed by atoms with Crippen molar-refractivity contribution in [3.8, 4) is 6.07 Å². The number of hydrogen-bond donors (Lipinski definition) is 1. The molecule has 32 heavy (non-hydrogen) atoms. The van der Waals surface area contributed by atoms with Gasteiger partial charge < -0.3 is 14.5 Å². The highest BCUT2D eigenvalue weighted by Crippen LogP contribution is 2.26. The number of primary sulfonamides is 1. The fourth-order valence-corrected chi connectivity index (χ4v) is 5.36. The van der Waals surface area contributed by atoms with Gasteiger partial charge in [-0.1, -0.05) is 30.2 Å². The first-order valence-corrected chi connectivity index (χ1v) is 12.9. The van der Waals surface area contributed by atoms with Crippen LogP contribution in [-0.2, 0) is 21.4 Å². The monoisotopic (exact) mass is 475 g/mol. The number of amides is 1. The second kappa shape index (κ2) is 9.54. The number of hydrogen-bond acceptors (Lipinski definition) is 8. The van der Waals surface area contributed by atoms with Crippen molar-refractivity contribution in [2.75, 3.05) is 31.1 Å². The molecule has 1 aliphatic carbocycles. The van der Waals surface area contributed by atoms with Gasteiger partial charge in [-0.3, -0.25) is 4.79 Å². The maximum atomic E-state index is 13.3. The van der Waals surface area contributed by atoms with E-state index in [2.05, 4.69) is 11.1 Å². The van der Waals surface area contributed by atoms with E-state index in [0.717, 1.165) is 30.8 Å². The fourth-order valence-electron chi connectivity index (χ4n) is 4.05. The SMILES string of the molecule is N#Cc1cnc(N2CCN(C(=O)c3cc(S(N)(=O)=O)ccc3COC3CCCC3)CC2)s1. The largest absolute Gasteiger partial charge is 0.374 e. The van der Waals surface area contributed by atoms with Crippen LogP contribution in [0.5, 0.6) is 0 Å². The molecule has 2 heterocycles. The van der Waals surface area contributed by atoms with Crippen molar-refractivity contribution in [1.82, 2.24) is 9.88 Å². The first kappa shape index (κ1) is 22.7. The second-order valence-corrected chi connectivity index (χ2v) is 10.6. The molecule has 1 saturated carbocycles. The summed E-state index contributed by atoms with van der Waals surface area (Å²) in [6, 6.07) is 6.49. The molecule has 2 N–H and O–H groups in total. The van der Waals surface area contributed by atoms with Crippen molar-refractivity contribution in [2.24, 2.45) is 5.14 Å². The number of nitriles is 1. The molecule has 0 spiro atoms. The Bertz CT molecular complexity index is 1130. The van der Waals surface area contributed by atoms with Gasteiger partial charge in [-0.05, 0) is 30.5 Å². The van der Waals surface area contributed by atoms with Gasteiger partial charge in [0, 0.05) is 31.7 Å². The Labute approximate surface area is 191 Å². The number of nitrogens with two attached hydrogens (primary N) is 1. The van der Waals surface area contributed by atoms with E-state index in [4.69, 9.17) is 15.1 Å². The first-order chi connectivity index (χ1) is 15.3. The molecule has 0 radical (unpaired) electrons. The number of rotatable bonds is 6. The van der Waals surface area contributed by atoms with Gasteiger partial charge in [-0.25, -0.2) is 18.5 Å². The summed E-state index contributed by atoms with van der Waals surface area (Å²) in [5.74, 6) is -0.239. The Kier molecular flexibility index (Phi) is 6.76. The number of thiazole rings is 1. The molecular formula is C21H25N5O4S2. The maximum absolute atomic E-state index is 13.3. The van der Waals surface area contributed by atoms with E-state index in [9.17, 15) is 13.2 Å². The van der Waals surface area contributed by atoms with Crippen LogP contribution < -0.4 is 10.0 Å². The summed E-state index contributed by atoms with van der Waals surface area (Å²) in [6.45, 7) is 2.33. The molecule has 170 valence electrons. The van der Waals surface area contributed by atoms with Gasteiger partial charge in [-0.15, -0.1) is 0 Å². The zero-order valence-electron chi connectivity index (χ0n) is 17.6. The van der Waals surface area contributed by atoms with Gasteiger partial charge in [-0.2, -0.15) is 5.26 Å². The molecule has 1 amide bonds. The minimum Gasteiger partial charge on any atom is -0.374 e. The predicted octanol–water partition coefficient (Wildman–Crippen LogP) is 2.08. The van der Waals surface area contributed by atoms with E-state index in [1.54, 1.807) is 17.2 Å². The number of benzene rings is 1. The van der Waals surface area contributed by atoms with Crippen molar-refractivity contribution in [3.05, 3.63) is 40.4 Å². The molecule has 1 saturated heterocycles. The molecule has 2 aliphatic rings. The Morgan fingerprint density at radius 3 is 2.59 bits per heavy atom. The number of anilines is 1. The topological polar surface area (TPSA) is 130 Å². The molecule has 2 aromatic rings. The summed E-state index contributed by atoms with van der Waals surface area (Å²) >= 11 is 1.32. The van der Waals surface area contributed by atoms with Crippen molar-refractivity contribution < 1.29 is 17.9 Å². The number of nitrogens with zero attached hydrogens (tertiary/aromatic N) is 4. The van der Waals surface area contributed by atoms with Gasteiger partial charge in [0.25, 0.3) is 5.91 Å². The minimum absolute atomic E-state index is 0.0871. The molecule has 11 heteroatoms. The number of carbonyl (C=O) groups excluding carboxylic acids is 1. The van der Waals surface area contributed by atoms with E-state index in [0.29, 0.717) is 42.2 Å². The zero-order chi connectivity index (χ0) is 22.7. The zero-order valence-corrected chi connectivity index (χ0v) is 19.2. The summed E-state index contributed by atoms with van der Waals surface area (Å²) in [5, 5.41) is 15.1. The van der Waals surface area contributed by atoms with Crippen LogP contribution in [0.1, 0.15) is 46.5 Å². The smallest absolute Gasteiger partial charge is 0.254 e. The highest BCUT2D eigenvalue weighted by Gasteiger charge is 2.27. The molecule has 0 atom stereocenters. The third-order valence-electron chi connectivity index (χ3n) is 5.86. The van der Waals surface area contributed by atoms with Crippen LogP contribution in [0.2, 0.25) is 0 Å². The normalized spacial score (nSPS) is 17.5. The lowest BCUT2D eigenvalue weighted by molar-refractivity contribution is 0.0444. The summed E-state index contributed by atoms with van der Waals surface area (Å²) in [7, 11) is -3.93.